The van der Waals surface area contributed by atoms with Crippen molar-refractivity contribution in [2.24, 2.45) is 0 Å². The van der Waals surface area contributed by atoms with Gasteiger partial charge in [-0.05, 0) is 44.0 Å². The van der Waals surface area contributed by atoms with Crippen LogP contribution in [0.4, 0.5) is 17.2 Å². The molecule has 1 fully saturated rings. The Labute approximate surface area is 198 Å². The summed E-state index contributed by atoms with van der Waals surface area (Å²) in [5.41, 5.74) is 2.51. The van der Waals surface area contributed by atoms with Crippen LogP contribution in [-0.4, -0.2) is 49.4 Å². The Hall–Kier alpha value is -4.01. The Morgan fingerprint density at radius 2 is 1.94 bits per heavy atom. The Morgan fingerprint density at radius 1 is 1.12 bits per heavy atom. The van der Waals surface area contributed by atoms with Crippen LogP contribution in [0.5, 0.6) is 5.75 Å². The molecular formula is C25H28N6O3. The Morgan fingerprint density at radius 3 is 2.62 bits per heavy atom. The molecule has 2 aromatic heterocycles. The molecule has 0 bridgehead atoms. The molecule has 3 aromatic rings. The summed E-state index contributed by atoms with van der Waals surface area (Å²) in [4.78, 5) is 39.1. The number of nitrogens with one attached hydrogen (secondary N) is 2. The number of anilines is 3. The van der Waals surface area contributed by atoms with E-state index in [1.165, 1.54) is 13.0 Å². The Balaban J connectivity index is 1.68. The van der Waals surface area contributed by atoms with Gasteiger partial charge in [0.1, 0.15) is 17.4 Å². The smallest absolute Gasteiger partial charge is 0.221 e. The van der Waals surface area contributed by atoms with Crippen molar-refractivity contribution in [2.75, 3.05) is 17.2 Å². The SMILES string of the molecule is CC(=O)Nc1ccc(Nc2cc(-c3cccnc3)nc([C@@H]3CC[C@H](C)N(C(C)=O)C3)n2)cc1O. The van der Waals surface area contributed by atoms with Crippen LogP contribution in [-0.2, 0) is 9.59 Å². The van der Waals surface area contributed by atoms with E-state index in [2.05, 4.69) is 22.5 Å². The van der Waals surface area contributed by atoms with E-state index in [0.717, 1.165) is 18.4 Å². The summed E-state index contributed by atoms with van der Waals surface area (Å²) in [5, 5.41) is 16.1. The van der Waals surface area contributed by atoms with Crippen LogP contribution in [0.1, 0.15) is 45.4 Å². The second kappa shape index (κ2) is 9.86. The minimum Gasteiger partial charge on any atom is -0.506 e. The predicted octanol–water partition coefficient (Wildman–Crippen LogP) is 4.06. The van der Waals surface area contributed by atoms with Crippen LogP contribution in [0.2, 0.25) is 0 Å². The minimum atomic E-state index is -0.265. The molecular weight excluding hydrogens is 432 g/mol. The van der Waals surface area contributed by atoms with Gasteiger partial charge in [-0.2, -0.15) is 0 Å². The van der Waals surface area contributed by atoms with Gasteiger partial charge in [-0.1, -0.05) is 0 Å². The van der Waals surface area contributed by atoms with Gasteiger partial charge in [-0.15, -0.1) is 0 Å². The quantitative estimate of drug-likeness (QED) is 0.491. The third-order valence-corrected chi connectivity index (χ3v) is 5.93. The normalized spacial score (nSPS) is 17.8. The lowest BCUT2D eigenvalue weighted by Gasteiger charge is -2.37. The van der Waals surface area contributed by atoms with Gasteiger partial charge in [0.05, 0.1) is 11.4 Å². The first-order valence-corrected chi connectivity index (χ1v) is 11.2. The molecule has 34 heavy (non-hydrogen) atoms. The van der Waals surface area contributed by atoms with Gasteiger partial charge < -0.3 is 20.6 Å². The summed E-state index contributed by atoms with van der Waals surface area (Å²) < 4.78 is 0. The number of rotatable bonds is 5. The van der Waals surface area contributed by atoms with Crippen molar-refractivity contribution in [1.29, 1.82) is 0 Å². The van der Waals surface area contributed by atoms with Crippen LogP contribution in [0.25, 0.3) is 11.3 Å². The summed E-state index contributed by atoms with van der Waals surface area (Å²) >= 11 is 0. The maximum atomic E-state index is 12.1. The molecule has 1 aliphatic rings. The molecule has 3 heterocycles. The van der Waals surface area contributed by atoms with Gasteiger partial charge >= 0.3 is 0 Å². The summed E-state index contributed by atoms with van der Waals surface area (Å²) in [6.07, 6.45) is 5.21. The van der Waals surface area contributed by atoms with Crippen molar-refractivity contribution in [3.05, 3.63) is 54.6 Å². The molecule has 2 atom stereocenters. The topological polar surface area (TPSA) is 120 Å². The summed E-state index contributed by atoms with van der Waals surface area (Å²) in [6, 6.07) is 10.7. The monoisotopic (exact) mass is 460 g/mol. The second-order valence-electron chi connectivity index (χ2n) is 8.57. The number of aromatic hydroxyl groups is 1. The second-order valence-corrected chi connectivity index (χ2v) is 8.57. The molecule has 4 rings (SSSR count). The average molecular weight is 461 g/mol. The van der Waals surface area contributed by atoms with Gasteiger partial charge in [0.25, 0.3) is 0 Å². The highest BCUT2D eigenvalue weighted by atomic mass is 16.3. The van der Waals surface area contributed by atoms with Crippen LogP contribution in [0.15, 0.2) is 48.8 Å². The molecule has 1 aromatic carbocycles. The lowest BCUT2D eigenvalue weighted by molar-refractivity contribution is -0.132. The molecule has 0 aliphatic carbocycles. The number of pyridine rings is 1. The van der Waals surface area contributed by atoms with Crippen molar-refractivity contribution in [2.45, 2.75) is 45.6 Å². The fraction of sp³-hybridized carbons (Fsp3) is 0.320. The lowest BCUT2D eigenvalue weighted by Crippen LogP contribution is -2.44. The number of phenols is 1. The third kappa shape index (κ3) is 5.31. The fourth-order valence-corrected chi connectivity index (χ4v) is 4.18. The molecule has 9 heteroatoms. The van der Waals surface area contributed by atoms with Crippen molar-refractivity contribution < 1.29 is 14.7 Å². The highest BCUT2D eigenvalue weighted by molar-refractivity contribution is 5.90. The molecule has 0 radical (unpaired) electrons. The highest BCUT2D eigenvalue weighted by Gasteiger charge is 2.30. The summed E-state index contributed by atoms with van der Waals surface area (Å²) in [7, 11) is 0. The predicted molar refractivity (Wildman–Crippen MR) is 130 cm³/mol. The Kier molecular flexibility index (Phi) is 6.72. The van der Waals surface area contributed by atoms with Crippen molar-refractivity contribution in [3.63, 3.8) is 0 Å². The summed E-state index contributed by atoms with van der Waals surface area (Å²) in [5.74, 6) is 0.949. The number of carbonyl (C=O) groups excluding carboxylic acids is 2. The number of hydrogen-bond acceptors (Lipinski definition) is 7. The number of likely N-dealkylation sites (tertiary alicyclic amines) is 1. The number of aromatic nitrogens is 3. The van der Waals surface area contributed by atoms with Gasteiger partial charge in [0, 0.05) is 68.1 Å². The number of benzene rings is 1. The highest BCUT2D eigenvalue weighted by Crippen LogP contribution is 2.32. The molecule has 1 aliphatic heterocycles. The van der Waals surface area contributed by atoms with E-state index < -0.39 is 0 Å². The molecule has 0 spiro atoms. The van der Waals surface area contributed by atoms with Crippen molar-refractivity contribution in [1.82, 2.24) is 19.9 Å². The van der Waals surface area contributed by atoms with E-state index in [1.54, 1.807) is 31.5 Å². The first-order chi connectivity index (χ1) is 16.3. The zero-order valence-electron chi connectivity index (χ0n) is 19.4. The molecule has 2 amide bonds. The summed E-state index contributed by atoms with van der Waals surface area (Å²) in [6.45, 7) is 5.61. The molecule has 3 N–H and O–H groups in total. The number of nitrogens with zero attached hydrogens (tertiary/aromatic N) is 4. The largest absolute Gasteiger partial charge is 0.506 e. The molecule has 176 valence electrons. The molecule has 0 unspecified atom stereocenters. The fourth-order valence-electron chi connectivity index (χ4n) is 4.18. The van der Waals surface area contributed by atoms with Gasteiger partial charge in [-0.25, -0.2) is 9.97 Å². The van der Waals surface area contributed by atoms with Crippen molar-refractivity contribution >= 4 is 29.0 Å². The van der Waals surface area contributed by atoms with E-state index >= 15 is 0 Å². The number of piperidine rings is 1. The lowest BCUT2D eigenvalue weighted by atomic mass is 9.92. The third-order valence-electron chi connectivity index (χ3n) is 5.93. The standard InChI is InChI=1S/C25H28N6O3/c1-15-6-7-19(14-31(15)17(3)33)25-29-22(18-5-4-10-26-13-18)12-24(30-25)28-20-8-9-21(23(34)11-20)27-16(2)32/h4-5,8-13,15,19,34H,6-7,14H2,1-3H3,(H,27,32)(H,28,29,30)/t15-,19+/m0/s1. The van der Waals surface area contributed by atoms with Crippen LogP contribution in [0, 0.1) is 0 Å². The van der Waals surface area contributed by atoms with E-state index in [9.17, 15) is 14.7 Å². The number of hydrogen-bond donors (Lipinski definition) is 3. The first kappa shape index (κ1) is 23.2. The van der Waals surface area contributed by atoms with Crippen molar-refractivity contribution in [3.8, 4) is 17.0 Å². The maximum Gasteiger partial charge on any atom is 0.221 e. The van der Waals surface area contributed by atoms with Gasteiger partial charge in [0.2, 0.25) is 11.8 Å². The zero-order valence-corrected chi connectivity index (χ0v) is 19.4. The molecule has 1 saturated heterocycles. The molecule has 9 nitrogen and oxygen atoms in total. The van der Waals surface area contributed by atoms with E-state index in [-0.39, 0.29) is 29.5 Å². The zero-order chi connectivity index (χ0) is 24.2. The molecule has 0 saturated carbocycles. The number of carbonyl (C=O) groups is 2. The van der Waals surface area contributed by atoms with E-state index in [0.29, 0.717) is 35.3 Å². The van der Waals surface area contributed by atoms with Crippen LogP contribution < -0.4 is 10.6 Å². The Bertz CT molecular complexity index is 1200. The maximum absolute atomic E-state index is 12.1. The number of phenolic OH excluding ortho intramolecular Hbond substituents is 1. The van der Waals surface area contributed by atoms with Crippen LogP contribution in [0.3, 0.4) is 0 Å². The first-order valence-electron chi connectivity index (χ1n) is 11.2. The van der Waals surface area contributed by atoms with E-state index in [4.69, 9.17) is 9.97 Å². The average Bonchev–Trinajstić information content (AvgIpc) is 2.81. The number of amides is 2. The van der Waals surface area contributed by atoms with Crippen LogP contribution >= 0.6 is 0 Å². The van der Waals surface area contributed by atoms with Gasteiger partial charge in [-0.3, -0.25) is 14.6 Å². The van der Waals surface area contributed by atoms with E-state index in [1.807, 2.05) is 23.1 Å². The minimum absolute atomic E-state index is 0.00724. The van der Waals surface area contributed by atoms with Gasteiger partial charge in [0.15, 0.2) is 0 Å².